The van der Waals surface area contributed by atoms with E-state index >= 15 is 0 Å². The number of carbonyl (C=O) groups is 2. The lowest BCUT2D eigenvalue weighted by molar-refractivity contribution is 0.0601. The monoisotopic (exact) mass is 247 g/mol. The summed E-state index contributed by atoms with van der Waals surface area (Å²) in [5.41, 5.74) is 0.313. The molecule has 1 aromatic carbocycles. The molecule has 2 rings (SSSR count). The van der Waals surface area contributed by atoms with Gasteiger partial charge in [0.25, 0.3) is 0 Å². The van der Waals surface area contributed by atoms with E-state index in [2.05, 4.69) is 9.72 Å². The van der Waals surface area contributed by atoms with Crippen molar-refractivity contribution in [2.75, 3.05) is 7.11 Å². The summed E-state index contributed by atoms with van der Waals surface area (Å²) in [5.74, 6) is -1.67. The third kappa shape index (κ3) is 2.15. The molecule has 18 heavy (non-hydrogen) atoms. The molecule has 1 N–H and O–H groups in total. The molecule has 0 saturated carbocycles. The first-order valence-electron chi connectivity index (χ1n) is 5.19. The van der Waals surface area contributed by atoms with Crippen LogP contribution in [0, 0.1) is 5.82 Å². The van der Waals surface area contributed by atoms with Crippen LogP contribution >= 0.6 is 0 Å². The van der Waals surface area contributed by atoms with Crippen LogP contribution in [-0.2, 0) is 4.74 Å². The highest BCUT2D eigenvalue weighted by molar-refractivity contribution is 6.09. The number of ketones is 1. The Kier molecular flexibility index (Phi) is 3.23. The number of hydrogen-bond donors (Lipinski definition) is 1. The van der Waals surface area contributed by atoms with Crippen molar-refractivity contribution in [1.29, 1.82) is 0 Å². The fraction of sp³-hybridized carbons (Fsp3) is 0.0769. The van der Waals surface area contributed by atoms with Gasteiger partial charge in [0.05, 0.1) is 23.9 Å². The van der Waals surface area contributed by atoms with E-state index < -0.39 is 17.6 Å². The Morgan fingerprint density at radius 3 is 2.67 bits per heavy atom. The van der Waals surface area contributed by atoms with E-state index in [4.69, 9.17) is 0 Å². The lowest BCUT2D eigenvalue weighted by atomic mass is 10.1. The van der Waals surface area contributed by atoms with Gasteiger partial charge in [-0.3, -0.25) is 4.79 Å². The molecule has 0 fully saturated rings. The molecule has 0 unspecified atom stereocenters. The molecule has 4 nitrogen and oxygen atoms in total. The molecule has 0 bridgehead atoms. The first-order valence-corrected chi connectivity index (χ1v) is 5.19. The summed E-state index contributed by atoms with van der Waals surface area (Å²) in [6.07, 6.45) is 1.35. The molecule has 0 amide bonds. The fourth-order valence-corrected chi connectivity index (χ4v) is 1.55. The van der Waals surface area contributed by atoms with Gasteiger partial charge >= 0.3 is 5.97 Å². The number of nitrogens with one attached hydrogen (secondary N) is 1. The van der Waals surface area contributed by atoms with Crippen LogP contribution < -0.4 is 0 Å². The molecule has 0 aliphatic carbocycles. The number of rotatable bonds is 3. The molecule has 0 atom stereocenters. The number of esters is 1. The van der Waals surface area contributed by atoms with Crippen LogP contribution in [0.25, 0.3) is 0 Å². The zero-order valence-corrected chi connectivity index (χ0v) is 9.57. The predicted octanol–water partition coefficient (Wildman–Crippen LogP) is 2.17. The van der Waals surface area contributed by atoms with E-state index in [1.807, 2.05) is 0 Å². The lowest BCUT2D eigenvalue weighted by Crippen LogP contribution is -2.04. The second kappa shape index (κ2) is 4.83. The van der Waals surface area contributed by atoms with Gasteiger partial charge in [0, 0.05) is 6.20 Å². The predicted molar refractivity (Wildman–Crippen MR) is 62.0 cm³/mol. The summed E-state index contributed by atoms with van der Waals surface area (Å²) in [6.45, 7) is 0. The van der Waals surface area contributed by atoms with Crippen LogP contribution in [0.5, 0.6) is 0 Å². The number of halogens is 1. The van der Waals surface area contributed by atoms with Gasteiger partial charge in [-0.2, -0.15) is 0 Å². The highest BCUT2D eigenvalue weighted by Gasteiger charge is 2.17. The van der Waals surface area contributed by atoms with E-state index in [1.54, 1.807) is 6.07 Å². The summed E-state index contributed by atoms with van der Waals surface area (Å²) < 4.78 is 17.9. The van der Waals surface area contributed by atoms with Crippen molar-refractivity contribution >= 4 is 11.8 Å². The van der Waals surface area contributed by atoms with Crippen LogP contribution in [0.1, 0.15) is 26.4 Å². The van der Waals surface area contributed by atoms with Crippen LogP contribution in [0.3, 0.4) is 0 Å². The zero-order chi connectivity index (χ0) is 13.1. The maximum atomic E-state index is 13.4. The molecule has 1 aromatic heterocycles. The molecular weight excluding hydrogens is 237 g/mol. The topological polar surface area (TPSA) is 59.2 Å². The van der Waals surface area contributed by atoms with Crippen molar-refractivity contribution in [2.45, 2.75) is 0 Å². The number of carbonyl (C=O) groups excluding carboxylic acids is 2. The molecule has 0 aliphatic rings. The average Bonchev–Trinajstić information content (AvgIpc) is 2.87. The number of H-pyrrole nitrogens is 1. The van der Waals surface area contributed by atoms with Gasteiger partial charge in [-0.1, -0.05) is 12.1 Å². The number of aromatic nitrogens is 1. The maximum absolute atomic E-state index is 13.4. The summed E-state index contributed by atoms with van der Waals surface area (Å²) in [6, 6.07) is 7.00. The van der Waals surface area contributed by atoms with Gasteiger partial charge in [0.1, 0.15) is 5.82 Å². The Morgan fingerprint density at radius 2 is 2.00 bits per heavy atom. The number of benzene rings is 1. The molecule has 0 saturated heterocycles. The average molecular weight is 247 g/mol. The Bertz CT molecular complexity index is 604. The molecule has 0 spiro atoms. The Balaban J connectivity index is 2.33. The van der Waals surface area contributed by atoms with Crippen LogP contribution in [0.2, 0.25) is 0 Å². The Hall–Kier alpha value is -2.43. The summed E-state index contributed by atoms with van der Waals surface area (Å²) >= 11 is 0. The number of methoxy groups -OCH3 is 1. The van der Waals surface area contributed by atoms with Gasteiger partial charge in [-0.05, 0) is 18.2 Å². The zero-order valence-electron chi connectivity index (χ0n) is 9.57. The highest BCUT2D eigenvalue weighted by Crippen LogP contribution is 2.14. The smallest absolute Gasteiger partial charge is 0.339 e. The highest BCUT2D eigenvalue weighted by atomic mass is 19.1. The first kappa shape index (κ1) is 12.0. The van der Waals surface area contributed by atoms with E-state index in [9.17, 15) is 14.0 Å². The Labute approximate surface area is 102 Å². The SMILES string of the molecule is COC(=O)c1c[nH]c(C(=O)c2ccccc2F)c1. The largest absolute Gasteiger partial charge is 0.465 e. The maximum Gasteiger partial charge on any atom is 0.339 e. The van der Waals surface area contributed by atoms with Crippen molar-refractivity contribution in [1.82, 2.24) is 4.98 Å². The molecule has 2 aromatic rings. The van der Waals surface area contributed by atoms with Crippen molar-refractivity contribution in [3.05, 3.63) is 59.2 Å². The second-order valence-electron chi connectivity index (χ2n) is 3.60. The standard InChI is InChI=1S/C13H10FNO3/c1-18-13(17)8-6-11(15-7-8)12(16)9-4-2-3-5-10(9)14/h2-7,15H,1H3. The van der Waals surface area contributed by atoms with Crippen molar-refractivity contribution in [3.63, 3.8) is 0 Å². The van der Waals surface area contributed by atoms with Crippen molar-refractivity contribution < 1.29 is 18.7 Å². The quantitative estimate of drug-likeness (QED) is 0.668. The summed E-state index contributed by atoms with van der Waals surface area (Å²) in [5, 5.41) is 0. The van der Waals surface area contributed by atoms with Gasteiger partial charge in [0.2, 0.25) is 5.78 Å². The molecular formula is C13H10FNO3. The van der Waals surface area contributed by atoms with Crippen LogP contribution in [0.4, 0.5) is 4.39 Å². The minimum atomic E-state index is -0.600. The third-order valence-electron chi connectivity index (χ3n) is 2.47. The molecule has 0 radical (unpaired) electrons. The molecule has 0 aliphatic heterocycles. The van der Waals surface area contributed by atoms with E-state index in [0.29, 0.717) is 0 Å². The van der Waals surface area contributed by atoms with E-state index in [1.165, 1.54) is 37.6 Å². The summed E-state index contributed by atoms with van der Waals surface area (Å²) in [4.78, 5) is 25.8. The van der Waals surface area contributed by atoms with Crippen molar-refractivity contribution in [3.8, 4) is 0 Å². The van der Waals surface area contributed by atoms with Gasteiger partial charge in [-0.25, -0.2) is 9.18 Å². The fourth-order valence-electron chi connectivity index (χ4n) is 1.55. The molecule has 92 valence electrons. The van der Waals surface area contributed by atoms with Crippen LogP contribution in [0.15, 0.2) is 36.5 Å². The summed E-state index contributed by atoms with van der Waals surface area (Å²) in [7, 11) is 1.24. The van der Waals surface area contributed by atoms with Gasteiger partial charge < -0.3 is 9.72 Å². The van der Waals surface area contributed by atoms with Gasteiger partial charge in [0.15, 0.2) is 0 Å². The first-order chi connectivity index (χ1) is 8.63. The lowest BCUT2D eigenvalue weighted by Gasteiger charge is -1.99. The van der Waals surface area contributed by atoms with E-state index in [0.717, 1.165) is 0 Å². The van der Waals surface area contributed by atoms with Crippen molar-refractivity contribution in [2.24, 2.45) is 0 Å². The minimum Gasteiger partial charge on any atom is -0.465 e. The third-order valence-corrected chi connectivity index (χ3v) is 2.47. The minimum absolute atomic E-state index is 0.0456. The van der Waals surface area contributed by atoms with Gasteiger partial charge in [-0.15, -0.1) is 0 Å². The molecule has 5 heteroatoms. The van der Waals surface area contributed by atoms with E-state index in [-0.39, 0.29) is 16.8 Å². The Morgan fingerprint density at radius 1 is 1.28 bits per heavy atom. The molecule has 1 heterocycles. The number of hydrogen-bond acceptors (Lipinski definition) is 3. The second-order valence-corrected chi connectivity index (χ2v) is 3.60. The normalized spacial score (nSPS) is 10.1. The number of aromatic amines is 1. The number of ether oxygens (including phenoxy) is 1. The van der Waals surface area contributed by atoms with Crippen LogP contribution in [-0.4, -0.2) is 23.8 Å².